The molecule has 0 bridgehead atoms. The van der Waals surface area contributed by atoms with Crippen LogP contribution in [0.5, 0.6) is 0 Å². The Balaban J connectivity index is 1.41. The third kappa shape index (κ3) is 4.25. The predicted molar refractivity (Wildman–Crippen MR) is 138 cm³/mol. The van der Waals surface area contributed by atoms with Crippen LogP contribution in [0.3, 0.4) is 0 Å². The second-order valence-corrected chi connectivity index (χ2v) is 9.58. The zero-order valence-electron chi connectivity index (χ0n) is 20.7. The van der Waals surface area contributed by atoms with E-state index < -0.39 is 0 Å². The molecule has 6 heteroatoms. The van der Waals surface area contributed by atoms with Crippen molar-refractivity contribution in [1.29, 1.82) is 0 Å². The molecule has 0 atom stereocenters. The van der Waals surface area contributed by atoms with Gasteiger partial charge in [0.05, 0.1) is 22.3 Å². The highest BCUT2D eigenvalue weighted by atomic mass is 16.2. The molecule has 0 radical (unpaired) electrons. The molecule has 0 saturated carbocycles. The van der Waals surface area contributed by atoms with E-state index in [0.717, 1.165) is 39.0 Å². The van der Waals surface area contributed by atoms with Gasteiger partial charge < -0.3 is 4.90 Å². The van der Waals surface area contributed by atoms with Gasteiger partial charge in [-0.25, -0.2) is 4.98 Å². The molecule has 1 fully saturated rings. The largest absolute Gasteiger partial charge is 0.339 e. The number of benzene rings is 2. The number of amides is 1. The van der Waals surface area contributed by atoms with Crippen LogP contribution in [0.4, 0.5) is 0 Å². The lowest BCUT2D eigenvalue weighted by atomic mass is 9.86. The highest BCUT2D eigenvalue weighted by Gasteiger charge is 2.30. The molecule has 1 aliphatic rings. The van der Waals surface area contributed by atoms with Crippen molar-refractivity contribution in [2.75, 3.05) is 13.1 Å². The first kappa shape index (κ1) is 23.0. The van der Waals surface area contributed by atoms with Crippen molar-refractivity contribution in [3.63, 3.8) is 0 Å². The van der Waals surface area contributed by atoms with E-state index in [0.29, 0.717) is 37.1 Å². The van der Waals surface area contributed by atoms with Crippen LogP contribution < -0.4 is 0 Å². The van der Waals surface area contributed by atoms with Gasteiger partial charge in [-0.15, -0.1) is 0 Å². The Morgan fingerprint density at radius 2 is 1.63 bits per heavy atom. The van der Waals surface area contributed by atoms with E-state index in [1.165, 1.54) is 0 Å². The highest BCUT2D eigenvalue weighted by Crippen LogP contribution is 2.30. The fourth-order valence-corrected chi connectivity index (χ4v) is 5.20. The minimum Gasteiger partial charge on any atom is -0.339 e. The van der Waals surface area contributed by atoms with E-state index in [2.05, 4.69) is 11.2 Å². The van der Waals surface area contributed by atoms with Crippen LogP contribution in [0, 0.1) is 26.7 Å². The van der Waals surface area contributed by atoms with Gasteiger partial charge in [-0.05, 0) is 45.2 Å². The topological polar surface area (TPSA) is 68.1 Å². The molecule has 0 aliphatic carbocycles. The molecule has 178 valence electrons. The first-order valence-corrected chi connectivity index (χ1v) is 12.1. The predicted octanol–water partition coefficient (Wildman–Crippen LogP) is 5.30. The molecule has 1 saturated heterocycles. The molecule has 2 aromatic heterocycles. The molecular formula is C29H30N4O2. The summed E-state index contributed by atoms with van der Waals surface area (Å²) in [5.41, 5.74) is 6.81. The zero-order valence-corrected chi connectivity index (χ0v) is 20.7. The Morgan fingerprint density at radius 3 is 2.31 bits per heavy atom. The molecule has 0 N–H and O–H groups in total. The fourth-order valence-electron chi connectivity index (χ4n) is 5.20. The molecule has 35 heavy (non-hydrogen) atoms. The van der Waals surface area contributed by atoms with Gasteiger partial charge in [-0.1, -0.05) is 54.1 Å². The van der Waals surface area contributed by atoms with Gasteiger partial charge in [0.2, 0.25) is 0 Å². The Morgan fingerprint density at radius 1 is 0.914 bits per heavy atom. The van der Waals surface area contributed by atoms with Gasteiger partial charge in [-0.3, -0.25) is 14.3 Å². The molecule has 3 heterocycles. The van der Waals surface area contributed by atoms with Crippen molar-refractivity contribution >= 4 is 22.7 Å². The first-order chi connectivity index (χ1) is 16.8. The number of carbonyl (C=O) groups is 2. The molecule has 2 aromatic carbocycles. The lowest BCUT2D eigenvalue weighted by molar-refractivity contribution is 0.0651. The monoisotopic (exact) mass is 466 g/mol. The molecule has 5 rings (SSSR count). The number of hydrogen-bond donors (Lipinski definition) is 0. The molecule has 0 unspecified atom stereocenters. The molecule has 0 spiro atoms. The minimum absolute atomic E-state index is 0.0249. The smallest absolute Gasteiger partial charge is 0.254 e. The van der Waals surface area contributed by atoms with Gasteiger partial charge in [0.25, 0.3) is 5.91 Å². The van der Waals surface area contributed by atoms with E-state index in [1.54, 1.807) is 4.68 Å². The summed E-state index contributed by atoms with van der Waals surface area (Å²) in [6, 6.07) is 17.8. The van der Waals surface area contributed by atoms with E-state index >= 15 is 0 Å². The average molecular weight is 467 g/mol. The summed E-state index contributed by atoms with van der Waals surface area (Å²) in [6.45, 7) is 7.06. The summed E-state index contributed by atoms with van der Waals surface area (Å²) in [5.74, 6) is 0.108. The third-order valence-corrected chi connectivity index (χ3v) is 7.07. The maximum absolute atomic E-state index is 13.8. The van der Waals surface area contributed by atoms with Crippen molar-refractivity contribution < 1.29 is 9.59 Å². The number of nitrogens with zero attached hydrogens (tertiary/aromatic N) is 4. The Labute approximate surface area is 205 Å². The quantitative estimate of drug-likeness (QED) is 0.383. The van der Waals surface area contributed by atoms with Crippen LogP contribution in [-0.4, -0.2) is 44.4 Å². The van der Waals surface area contributed by atoms with E-state index in [-0.39, 0.29) is 17.6 Å². The number of pyridine rings is 1. The number of rotatable bonds is 4. The molecule has 1 aliphatic heterocycles. The number of likely N-dealkylation sites (tertiary alicyclic amines) is 1. The van der Waals surface area contributed by atoms with Crippen LogP contribution in [-0.2, 0) is 7.05 Å². The van der Waals surface area contributed by atoms with Crippen LogP contribution >= 0.6 is 0 Å². The molecule has 4 aromatic rings. The van der Waals surface area contributed by atoms with Crippen LogP contribution in [0.25, 0.3) is 22.3 Å². The summed E-state index contributed by atoms with van der Waals surface area (Å²) in [6.07, 6.45) is 1.34. The molecule has 1 amide bonds. The lowest BCUT2D eigenvalue weighted by Gasteiger charge is -2.32. The van der Waals surface area contributed by atoms with Gasteiger partial charge >= 0.3 is 0 Å². The Kier molecular flexibility index (Phi) is 5.97. The number of ketones is 1. The number of aromatic nitrogens is 3. The summed E-state index contributed by atoms with van der Waals surface area (Å²) in [5, 5.41) is 5.33. The molecular weight excluding hydrogens is 436 g/mol. The second kappa shape index (κ2) is 9.10. The van der Waals surface area contributed by atoms with Crippen molar-refractivity contribution in [1.82, 2.24) is 19.7 Å². The van der Waals surface area contributed by atoms with E-state index in [1.807, 2.05) is 81.2 Å². The number of hydrogen-bond acceptors (Lipinski definition) is 4. The maximum atomic E-state index is 13.8. The summed E-state index contributed by atoms with van der Waals surface area (Å²) in [7, 11) is 1.86. The third-order valence-electron chi connectivity index (χ3n) is 7.07. The van der Waals surface area contributed by atoms with Crippen molar-refractivity contribution in [3.8, 4) is 11.3 Å². The van der Waals surface area contributed by atoms with Crippen molar-refractivity contribution in [2.45, 2.75) is 33.6 Å². The fraction of sp³-hybridized carbons (Fsp3) is 0.310. The van der Waals surface area contributed by atoms with Gasteiger partial charge in [0.15, 0.2) is 11.4 Å². The number of piperidine rings is 1. The van der Waals surface area contributed by atoms with Crippen molar-refractivity contribution in [2.24, 2.45) is 13.0 Å². The zero-order chi connectivity index (χ0) is 24.7. The maximum Gasteiger partial charge on any atom is 0.254 e. The average Bonchev–Trinajstić information content (AvgIpc) is 3.16. The highest BCUT2D eigenvalue weighted by molar-refractivity contribution is 6.07. The van der Waals surface area contributed by atoms with Crippen molar-refractivity contribution in [3.05, 3.63) is 82.5 Å². The summed E-state index contributed by atoms with van der Waals surface area (Å²) >= 11 is 0. The number of fused-ring (bicyclic) bond motifs is 1. The summed E-state index contributed by atoms with van der Waals surface area (Å²) < 4.78 is 1.74. The standard InChI is InChI=1S/C29H30N4O2/c1-18-10-11-23(19(2)16-18)27(34)22-12-14-33(15-13-22)29(35)24-17-25(21-8-6-5-7-9-21)30-28-26(24)20(3)31-32(28)4/h5-11,16-17,22H,12-15H2,1-4H3. The van der Waals surface area contributed by atoms with Gasteiger partial charge in [0, 0.05) is 37.2 Å². The van der Waals surface area contributed by atoms with Crippen LogP contribution in [0.1, 0.15) is 50.4 Å². The Hall–Kier alpha value is -3.80. The summed E-state index contributed by atoms with van der Waals surface area (Å²) in [4.78, 5) is 33.7. The SMILES string of the molecule is Cc1ccc(C(=O)C2CCN(C(=O)c3cc(-c4ccccc4)nc4c3c(C)nn4C)CC2)c(C)c1. The lowest BCUT2D eigenvalue weighted by Crippen LogP contribution is -2.40. The number of carbonyl (C=O) groups excluding carboxylic acids is 2. The van der Waals surface area contributed by atoms with Gasteiger partial charge in [-0.2, -0.15) is 5.10 Å². The minimum atomic E-state index is -0.0575. The number of aryl methyl sites for hydroxylation is 4. The first-order valence-electron chi connectivity index (χ1n) is 12.1. The van der Waals surface area contributed by atoms with Gasteiger partial charge in [0.1, 0.15) is 0 Å². The van der Waals surface area contributed by atoms with Crippen LogP contribution in [0.2, 0.25) is 0 Å². The normalized spacial score (nSPS) is 14.5. The van der Waals surface area contributed by atoms with Crippen LogP contribution in [0.15, 0.2) is 54.6 Å². The van der Waals surface area contributed by atoms with E-state index in [9.17, 15) is 9.59 Å². The second-order valence-electron chi connectivity index (χ2n) is 9.58. The van der Waals surface area contributed by atoms with E-state index in [4.69, 9.17) is 4.98 Å². The number of Topliss-reactive ketones (excluding diaryl/α,β-unsaturated/α-hetero) is 1. The molecule has 6 nitrogen and oxygen atoms in total. The Bertz CT molecular complexity index is 1430.